The summed E-state index contributed by atoms with van der Waals surface area (Å²) in [7, 11) is -3.61. The summed E-state index contributed by atoms with van der Waals surface area (Å²) >= 11 is 1.53. The molecule has 3 rings (SSSR count). The molecule has 164 valence electrons. The molecular weight excluding hydrogens is 418 g/mol. The van der Waals surface area contributed by atoms with Gasteiger partial charge in [0, 0.05) is 31.6 Å². The van der Waals surface area contributed by atoms with E-state index >= 15 is 0 Å². The van der Waals surface area contributed by atoms with Crippen molar-refractivity contribution in [2.45, 2.75) is 58.3 Å². The Morgan fingerprint density at radius 1 is 1.07 bits per heavy atom. The highest BCUT2D eigenvalue weighted by molar-refractivity contribution is 7.89. The Hall–Kier alpha value is -1.77. The van der Waals surface area contributed by atoms with Crippen molar-refractivity contribution < 1.29 is 13.2 Å². The highest BCUT2D eigenvalue weighted by Crippen LogP contribution is 2.31. The molecular formula is C22H31N3O3S2. The van der Waals surface area contributed by atoms with Crippen LogP contribution in [-0.2, 0) is 26.7 Å². The van der Waals surface area contributed by atoms with Crippen LogP contribution in [-0.4, -0.2) is 54.7 Å². The molecule has 1 fully saturated rings. The molecule has 1 saturated heterocycles. The Morgan fingerprint density at radius 3 is 2.10 bits per heavy atom. The van der Waals surface area contributed by atoms with Gasteiger partial charge in [-0.15, -0.1) is 11.3 Å². The van der Waals surface area contributed by atoms with Crippen LogP contribution in [0.4, 0.5) is 0 Å². The zero-order chi connectivity index (χ0) is 22.3. The van der Waals surface area contributed by atoms with Crippen molar-refractivity contribution in [1.82, 2.24) is 14.2 Å². The molecule has 0 aliphatic carbocycles. The first-order chi connectivity index (χ1) is 13.9. The van der Waals surface area contributed by atoms with E-state index in [-0.39, 0.29) is 17.7 Å². The number of hydrogen-bond acceptors (Lipinski definition) is 5. The molecule has 0 saturated carbocycles. The molecule has 1 aliphatic rings. The lowest BCUT2D eigenvalue weighted by atomic mass is 9.85. The van der Waals surface area contributed by atoms with Gasteiger partial charge in [0.1, 0.15) is 0 Å². The van der Waals surface area contributed by atoms with Gasteiger partial charge >= 0.3 is 0 Å². The van der Waals surface area contributed by atoms with Gasteiger partial charge in [-0.2, -0.15) is 4.31 Å². The van der Waals surface area contributed by atoms with E-state index in [0.29, 0.717) is 31.1 Å². The highest BCUT2D eigenvalue weighted by Gasteiger charge is 2.33. The first kappa shape index (κ1) is 22.9. The number of rotatable bonds is 4. The molecule has 8 heteroatoms. The first-order valence-corrected chi connectivity index (χ1v) is 12.5. The van der Waals surface area contributed by atoms with Crippen LogP contribution in [0.2, 0.25) is 0 Å². The van der Waals surface area contributed by atoms with E-state index in [9.17, 15) is 13.2 Å². The number of carbonyl (C=O) groups is 1. The van der Waals surface area contributed by atoms with E-state index in [1.165, 1.54) is 15.6 Å². The SMILES string of the molecule is Cc1nc(CC(=O)N2CCN(S(=O)(=O)c3c(C)cc(C(C)(C)C)cc3C)CC2)cs1. The molecule has 1 aliphatic heterocycles. The molecule has 0 atom stereocenters. The Labute approximate surface area is 184 Å². The number of sulfonamides is 1. The summed E-state index contributed by atoms with van der Waals surface area (Å²) < 4.78 is 28.3. The second-order valence-corrected chi connectivity index (χ2v) is 11.9. The highest BCUT2D eigenvalue weighted by atomic mass is 32.2. The Bertz CT molecular complexity index is 1020. The molecule has 2 heterocycles. The molecule has 1 aromatic heterocycles. The van der Waals surface area contributed by atoms with E-state index < -0.39 is 10.0 Å². The lowest BCUT2D eigenvalue weighted by Crippen LogP contribution is -2.51. The summed E-state index contributed by atoms with van der Waals surface area (Å²) in [4.78, 5) is 19.0. The molecule has 30 heavy (non-hydrogen) atoms. The van der Waals surface area contributed by atoms with Crippen LogP contribution in [0.1, 0.15) is 48.2 Å². The van der Waals surface area contributed by atoms with Crippen LogP contribution in [0.3, 0.4) is 0 Å². The molecule has 1 aromatic carbocycles. The summed E-state index contributed by atoms with van der Waals surface area (Å²) in [6.45, 7) is 13.4. The van der Waals surface area contributed by atoms with Crippen LogP contribution in [0, 0.1) is 20.8 Å². The van der Waals surface area contributed by atoms with Crippen LogP contribution in [0.15, 0.2) is 22.4 Å². The van der Waals surface area contributed by atoms with Crippen LogP contribution < -0.4 is 0 Å². The first-order valence-electron chi connectivity index (χ1n) is 10.2. The van der Waals surface area contributed by atoms with Crippen molar-refractivity contribution in [3.05, 3.63) is 44.9 Å². The molecule has 0 spiro atoms. The summed E-state index contributed by atoms with van der Waals surface area (Å²) in [5.74, 6) is -0.000704. The van der Waals surface area contributed by atoms with Crippen molar-refractivity contribution in [2.24, 2.45) is 0 Å². The maximum absolute atomic E-state index is 13.4. The smallest absolute Gasteiger partial charge is 0.243 e. The van der Waals surface area contributed by atoms with Gasteiger partial charge in [-0.05, 0) is 42.9 Å². The van der Waals surface area contributed by atoms with E-state index in [1.54, 1.807) is 4.90 Å². The Kier molecular flexibility index (Phi) is 6.41. The van der Waals surface area contributed by atoms with Gasteiger partial charge < -0.3 is 4.90 Å². The number of aromatic nitrogens is 1. The fraction of sp³-hybridized carbons (Fsp3) is 0.545. The number of amides is 1. The molecule has 2 aromatic rings. The number of aryl methyl sites for hydroxylation is 3. The second kappa shape index (κ2) is 8.40. The zero-order valence-electron chi connectivity index (χ0n) is 18.7. The number of benzene rings is 1. The predicted molar refractivity (Wildman–Crippen MR) is 121 cm³/mol. The van der Waals surface area contributed by atoms with Crippen LogP contribution in [0.5, 0.6) is 0 Å². The fourth-order valence-electron chi connectivity index (χ4n) is 3.85. The minimum Gasteiger partial charge on any atom is -0.340 e. The third kappa shape index (κ3) is 4.76. The predicted octanol–water partition coefficient (Wildman–Crippen LogP) is 3.44. The molecule has 0 unspecified atom stereocenters. The van der Waals surface area contributed by atoms with Crippen molar-refractivity contribution in [3.63, 3.8) is 0 Å². The Morgan fingerprint density at radius 2 is 1.63 bits per heavy atom. The summed E-state index contributed by atoms with van der Waals surface area (Å²) in [5.41, 5.74) is 3.42. The molecule has 1 amide bonds. The standard InChI is InChI=1S/C22H31N3O3S2/c1-15-11-18(22(4,5)6)12-16(2)21(15)30(27,28)25-9-7-24(8-10-25)20(26)13-19-14-29-17(3)23-19/h11-12,14H,7-10,13H2,1-6H3. The summed E-state index contributed by atoms with van der Waals surface area (Å²) in [5, 5.41) is 2.85. The van der Waals surface area contributed by atoms with Crippen molar-refractivity contribution in [2.75, 3.05) is 26.2 Å². The van der Waals surface area contributed by atoms with Crippen molar-refractivity contribution in [3.8, 4) is 0 Å². The van der Waals surface area contributed by atoms with Gasteiger partial charge in [-0.25, -0.2) is 13.4 Å². The minimum absolute atomic E-state index is 0.000704. The van der Waals surface area contributed by atoms with Crippen molar-refractivity contribution >= 4 is 27.3 Å². The monoisotopic (exact) mass is 449 g/mol. The van der Waals surface area contributed by atoms with Crippen LogP contribution >= 0.6 is 11.3 Å². The van der Waals surface area contributed by atoms with Gasteiger partial charge in [-0.1, -0.05) is 32.9 Å². The average Bonchev–Trinajstić information content (AvgIpc) is 3.05. The maximum Gasteiger partial charge on any atom is 0.243 e. The summed E-state index contributed by atoms with van der Waals surface area (Å²) in [6.07, 6.45) is 0.267. The van der Waals surface area contributed by atoms with Gasteiger partial charge in [0.2, 0.25) is 15.9 Å². The lowest BCUT2D eigenvalue weighted by Gasteiger charge is -2.34. The quantitative estimate of drug-likeness (QED) is 0.717. The van der Waals surface area contributed by atoms with E-state index in [4.69, 9.17) is 0 Å². The van der Waals surface area contributed by atoms with Gasteiger partial charge in [0.25, 0.3) is 0 Å². The van der Waals surface area contributed by atoms with E-state index in [1.807, 2.05) is 38.3 Å². The fourth-order valence-corrected chi connectivity index (χ4v) is 6.30. The average molecular weight is 450 g/mol. The molecule has 0 bridgehead atoms. The van der Waals surface area contributed by atoms with Gasteiger partial charge in [0.15, 0.2) is 0 Å². The maximum atomic E-state index is 13.4. The number of carbonyl (C=O) groups excluding carboxylic acids is 1. The topological polar surface area (TPSA) is 70.6 Å². The number of hydrogen-bond donors (Lipinski definition) is 0. The normalized spacial score (nSPS) is 16.1. The third-order valence-electron chi connectivity index (χ3n) is 5.51. The van der Waals surface area contributed by atoms with Crippen molar-refractivity contribution in [1.29, 1.82) is 0 Å². The zero-order valence-corrected chi connectivity index (χ0v) is 20.3. The number of thiazole rings is 1. The third-order valence-corrected chi connectivity index (χ3v) is 8.54. The summed E-state index contributed by atoms with van der Waals surface area (Å²) in [6, 6.07) is 3.96. The lowest BCUT2D eigenvalue weighted by molar-refractivity contribution is -0.131. The number of piperazine rings is 1. The molecule has 6 nitrogen and oxygen atoms in total. The van der Waals surface area contributed by atoms with Crippen LogP contribution in [0.25, 0.3) is 0 Å². The Balaban J connectivity index is 1.72. The van der Waals surface area contributed by atoms with E-state index in [2.05, 4.69) is 25.8 Å². The van der Waals surface area contributed by atoms with Gasteiger partial charge in [0.05, 0.1) is 22.0 Å². The minimum atomic E-state index is -3.61. The second-order valence-electron chi connectivity index (χ2n) is 9.01. The molecule has 0 N–H and O–H groups in total. The van der Waals surface area contributed by atoms with E-state index in [0.717, 1.165) is 27.4 Å². The number of nitrogens with zero attached hydrogens (tertiary/aromatic N) is 3. The largest absolute Gasteiger partial charge is 0.340 e. The molecule has 0 radical (unpaired) electrons. The van der Waals surface area contributed by atoms with Gasteiger partial charge in [-0.3, -0.25) is 4.79 Å².